The molecule has 1 aliphatic rings. The molecule has 27 heavy (non-hydrogen) atoms. The van der Waals surface area contributed by atoms with Crippen LogP contribution in [0.15, 0.2) is 35.4 Å². The largest absolute Gasteiger partial charge is 0.375 e. The lowest BCUT2D eigenvalue weighted by Gasteiger charge is -2.27. The summed E-state index contributed by atoms with van der Waals surface area (Å²) in [4.78, 5) is 26.5. The molecular formula is C19H30N6O2. The third-order valence-electron chi connectivity index (χ3n) is 4.70. The number of amides is 2. The Kier molecular flexibility index (Phi) is 8.57. The van der Waals surface area contributed by atoms with E-state index < -0.39 is 6.04 Å². The Morgan fingerprint density at radius 3 is 2.85 bits per heavy atom. The molecule has 6 N–H and O–H groups in total. The van der Waals surface area contributed by atoms with Crippen LogP contribution in [0.3, 0.4) is 0 Å². The van der Waals surface area contributed by atoms with Crippen molar-refractivity contribution in [2.75, 3.05) is 19.6 Å². The molecule has 8 nitrogen and oxygen atoms in total. The van der Waals surface area contributed by atoms with Crippen LogP contribution >= 0.6 is 0 Å². The van der Waals surface area contributed by atoms with Gasteiger partial charge in [-0.3, -0.25) is 9.59 Å². The van der Waals surface area contributed by atoms with E-state index in [1.807, 2.05) is 35.2 Å². The third-order valence-corrected chi connectivity index (χ3v) is 4.70. The Bertz CT molecular complexity index is 622. The van der Waals surface area contributed by atoms with E-state index in [9.17, 15) is 9.59 Å². The molecule has 1 aromatic rings. The van der Waals surface area contributed by atoms with Gasteiger partial charge in [0.05, 0.1) is 6.04 Å². The number of nitrogens with two attached hydrogens (primary N) is 2. The molecule has 1 heterocycles. The molecule has 0 aromatic heterocycles. The van der Waals surface area contributed by atoms with Crippen molar-refractivity contribution in [1.82, 2.24) is 15.5 Å². The van der Waals surface area contributed by atoms with E-state index >= 15 is 0 Å². The van der Waals surface area contributed by atoms with Crippen LogP contribution in [0.5, 0.6) is 0 Å². The van der Waals surface area contributed by atoms with E-state index in [1.165, 1.54) is 6.34 Å². The maximum atomic E-state index is 12.7. The fraction of sp³-hybridized carbons (Fsp3) is 0.526. The van der Waals surface area contributed by atoms with Crippen molar-refractivity contribution in [2.24, 2.45) is 16.7 Å². The van der Waals surface area contributed by atoms with Crippen LogP contribution in [0.1, 0.15) is 31.2 Å². The highest BCUT2D eigenvalue weighted by atomic mass is 16.2. The second-order valence-electron chi connectivity index (χ2n) is 6.76. The first-order valence-electron chi connectivity index (χ1n) is 9.43. The van der Waals surface area contributed by atoms with Crippen molar-refractivity contribution < 1.29 is 9.59 Å². The molecule has 1 fully saturated rings. The molecule has 2 amide bonds. The van der Waals surface area contributed by atoms with Crippen LogP contribution < -0.4 is 22.2 Å². The van der Waals surface area contributed by atoms with Gasteiger partial charge in [-0.2, -0.15) is 5.10 Å². The first-order chi connectivity index (χ1) is 13.1. The Morgan fingerprint density at radius 1 is 1.33 bits per heavy atom. The minimum Gasteiger partial charge on any atom is -0.375 e. The molecule has 0 radical (unpaired) electrons. The molecule has 2 unspecified atom stereocenters. The number of rotatable bonds is 10. The number of hydrogen-bond acceptors (Lipinski definition) is 5. The van der Waals surface area contributed by atoms with Crippen LogP contribution in [0.25, 0.3) is 0 Å². The minimum atomic E-state index is -0.556. The van der Waals surface area contributed by atoms with E-state index in [0.717, 1.165) is 18.4 Å². The molecule has 0 saturated carbocycles. The maximum Gasteiger partial charge on any atom is 0.240 e. The molecule has 1 aliphatic heterocycles. The van der Waals surface area contributed by atoms with Gasteiger partial charge >= 0.3 is 0 Å². The summed E-state index contributed by atoms with van der Waals surface area (Å²) in [5.74, 6) is 4.92. The van der Waals surface area contributed by atoms with Crippen molar-refractivity contribution in [2.45, 2.75) is 44.2 Å². The van der Waals surface area contributed by atoms with Crippen LogP contribution in [-0.4, -0.2) is 54.8 Å². The van der Waals surface area contributed by atoms with Gasteiger partial charge in [0.15, 0.2) is 0 Å². The highest BCUT2D eigenvalue weighted by Gasteiger charge is 2.31. The van der Waals surface area contributed by atoms with Crippen molar-refractivity contribution in [3.63, 3.8) is 0 Å². The number of nitrogens with zero attached hydrogens (tertiary/aromatic N) is 2. The Hall–Kier alpha value is -2.61. The highest BCUT2D eigenvalue weighted by Crippen LogP contribution is 2.18. The molecule has 8 heteroatoms. The Balaban J connectivity index is 1.75. The molecule has 0 aliphatic carbocycles. The summed E-state index contributed by atoms with van der Waals surface area (Å²) >= 11 is 0. The summed E-state index contributed by atoms with van der Waals surface area (Å²) < 4.78 is 0. The first kappa shape index (κ1) is 20.7. The number of hydrogen-bond donors (Lipinski definition) is 4. The van der Waals surface area contributed by atoms with Crippen LogP contribution in [0.2, 0.25) is 0 Å². The maximum absolute atomic E-state index is 12.7. The molecule has 1 aromatic carbocycles. The number of hydrazone groups is 1. The monoisotopic (exact) mass is 374 g/mol. The lowest BCUT2D eigenvalue weighted by molar-refractivity contribution is -0.134. The van der Waals surface area contributed by atoms with Crippen LogP contribution in [-0.2, 0) is 16.0 Å². The van der Waals surface area contributed by atoms with E-state index in [-0.39, 0.29) is 17.9 Å². The number of likely N-dealkylation sites (tertiary alicyclic amines) is 1. The van der Waals surface area contributed by atoms with Crippen LogP contribution in [0, 0.1) is 0 Å². The van der Waals surface area contributed by atoms with Crippen molar-refractivity contribution >= 4 is 18.2 Å². The SMILES string of the molecule is NN=CNCCCC(=O)NCC1CCCN1C(=O)C(N)Cc1ccccc1. The summed E-state index contributed by atoms with van der Waals surface area (Å²) in [5.41, 5.74) is 7.20. The zero-order valence-corrected chi connectivity index (χ0v) is 15.6. The smallest absolute Gasteiger partial charge is 0.240 e. The number of carbonyl (C=O) groups excluding carboxylic acids is 2. The standard InChI is InChI=1S/C19H30N6O2/c20-17(12-15-6-2-1-3-7-15)19(27)25-11-5-8-16(25)13-23-18(26)9-4-10-22-14-24-21/h1-3,6-7,14,16-17H,4-5,8-13,20-21H2,(H,22,24)(H,23,26). The highest BCUT2D eigenvalue weighted by molar-refractivity contribution is 5.82. The van der Waals surface area contributed by atoms with Crippen LogP contribution in [0.4, 0.5) is 0 Å². The average molecular weight is 374 g/mol. The van der Waals surface area contributed by atoms with Gasteiger partial charge in [-0.25, -0.2) is 0 Å². The molecule has 2 rings (SSSR count). The molecule has 0 spiro atoms. The summed E-state index contributed by atoms with van der Waals surface area (Å²) in [5, 5.41) is 9.13. The van der Waals surface area contributed by atoms with E-state index in [4.69, 9.17) is 11.6 Å². The summed E-state index contributed by atoms with van der Waals surface area (Å²) in [6.45, 7) is 1.81. The van der Waals surface area contributed by atoms with E-state index in [0.29, 0.717) is 38.9 Å². The van der Waals surface area contributed by atoms with Gasteiger partial charge in [0.25, 0.3) is 0 Å². The summed E-state index contributed by atoms with van der Waals surface area (Å²) in [7, 11) is 0. The summed E-state index contributed by atoms with van der Waals surface area (Å²) in [6, 6.07) is 9.24. The zero-order chi connectivity index (χ0) is 19.5. The fourth-order valence-corrected chi connectivity index (χ4v) is 3.29. The molecule has 1 saturated heterocycles. The second kappa shape index (κ2) is 11.2. The average Bonchev–Trinajstić information content (AvgIpc) is 3.15. The second-order valence-corrected chi connectivity index (χ2v) is 6.76. The first-order valence-corrected chi connectivity index (χ1v) is 9.43. The molecular weight excluding hydrogens is 344 g/mol. The summed E-state index contributed by atoms with van der Waals surface area (Å²) in [6.07, 6.45) is 4.85. The molecule has 0 bridgehead atoms. The molecule has 2 atom stereocenters. The topological polar surface area (TPSA) is 126 Å². The predicted octanol–water partition coefficient (Wildman–Crippen LogP) is -0.0646. The van der Waals surface area contributed by atoms with E-state index in [2.05, 4.69) is 15.7 Å². The van der Waals surface area contributed by atoms with Crippen molar-refractivity contribution in [3.8, 4) is 0 Å². The van der Waals surface area contributed by atoms with Crippen molar-refractivity contribution in [3.05, 3.63) is 35.9 Å². The number of benzene rings is 1. The van der Waals surface area contributed by atoms with E-state index in [1.54, 1.807) is 0 Å². The van der Waals surface area contributed by atoms with Crippen molar-refractivity contribution in [1.29, 1.82) is 0 Å². The Morgan fingerprint density at radius 2 is 2.11 bits per heavy atom. The predicted molar refractivity (Wildman–Crippen MR) is 106 cm³/mol. The quantitative estimate of drug-likeness (QED) is 0.150. The normalized spacial score (nSPS) is 17.8. The third kappa shape index (κ3) is 6.90. The van der Waals surface area contributed by atoms with Gasteiger partial charge in [-0.1, -0.05) is 30.3 Å². The van der Waals surface area contributed by atoms with Gasteiger partial charge in [0.1, 0.15) is 6.34 Å². The van der Waals surface area contributed by atoms with Gasteiger partial charge in [0, 0.05) is 32.1 Å². The fourth-order valence-electron chi connectivity index (χ4n) is 3.29. The van der Waals surface area contributed by atoms with Gasteiger partial charge < -0.3 is 27.1 Å². The zero-order valence-electron chi connectivity index (χ0n) is 15.6. The molecule has 148 valence electrons. The number of nitrogens with one attached hydrogen (secondary N) is 2. The lowest BCUT2D eigenvalue weighted by atomic mass is 10.1. The van der Waals surface area contributed by atoms with Gasteiger partial charge in [-0.15, -0.1) is 0 Å². The minimum absolute atomic E-state index is 0.0191. The lowest BCUT2D eigenvalue weighted by Crippen LogP contribution is -2.50. The number of carbonyl (C=O) groups is 2. The van der Waals surface area contributed by atoms with Gasteiger partial charge in [0.2, 0.25) is 11.8 Å². The van der Waals surface area contributed by atoms with Gasteiger partial charge in [-0.05, 0) is 31.2 Å². The Labute approximate surface area is 160 Å².